The quantitative estimate of drug-likeness (QED) is 0.627. The second-order valence-corrected chi connectivity index (χ2v) is 5.56. The van der Waals surface area contributed by atoms with E-state index >= 15 is 0 Å². The van der Waals surface area contributed by atoms with Crippen LogP contribution in [-0.4, -0.2) is 25.1 Å². The molecule has 130 valence electrons. The number of rotatable bonds is 6. The molecule has 0 fully saturated rings. The van der Waals surface area contributed by atoms with Crippen molar-refractivity contribution in [2.24, 2.45) is 0 Å². The minimum absolute atomic E-state index is 0.411. The third-order valence-electron chi connectivity index (χ3n) is 3.32. The zero-order valence-corrected chi connectivity index (χ0v) is 14.6. The summed E-state index contributed by atoms with van der Waals surface area (Å²) in [5.74, 6) is -0.346. The Morgan fingerprint density at radius 1 is 1.12 bits per heavy atom. The topological polar surface area (TPSA) is 64.6 Å². The Hall–Kier alpha value is -2.79. The molecule has 0 heterocycles. The molecule has 0 spiro atoms. The Balaban J connectivity index is 1.89. The molecule has 25 heavy (non-hydrogen) atoms. The van der Waals surface area contributed by atoms with E-state index in [0.717, 1.165) is 11.3 Å². The molecule has 2 aromatic rings. The van der Waals surface area contributed by atoms with Gasteiger partial charge in [0.15, 0.2) is 6.10 Å². The number of hydrogen-bond acceptors (Lipinski definition) is 4. The van der Waals surface area contributed by atoms with Crippen LogP contribution in [0.5, 0.6) is 5.75 Å². The van der Waals surface area contributed by atoms with Gasteiger partial charge in [0.25, 0.3) is 5.91 Å². The Kier molecular flexibility index (Phi) is 6.60. The summed E-state index contributed by atoms with van der Waals surface area (Å²) in [5, 5.41) is 3.03. The van der Waals surface area contributed by atoms with E-state index in [1.807, 2.05) is 0 Å². The second-order valence-electron chi connectivity index (χ2n) is 5.15. The summed E-state index contributed by atoms with van der Waals surface area (Å²) in [5.41, 5.74) is 1.27. The van der Waals surface area contributed by atoms with Crippen molar-refractivity contribution < 1.29 is 19.1 Å². The van der Waals surface area contributed by atoms with Crippen molar-refractivity contribution in [3.63, 3.8) is 0 Å². The van der Waals surface area contributed by atoms with Crippen LogP contribution in [0.15, 0.2) is 54.6 Å². The third kappa shape index (κ3) is 5.65. The van der Waals surface area contributed by atoms with Crippen LogP contribution in [0.1, 0.15) is 12.5 Å². The van der Waals surface area contributed by atoms with E-state index in [-0.39, 0.29) is 0 Å². The number of benzene rings is 2. The molecule has 0 radical (unpaired) electrons. The van der Waals surface area contributed by atoms with Crippen LogP contribution in [0.3, 0.4) is 0 Å². The van der Waals surface area contributed by atoms with Gasteiger partial charge in [-0.3, -0.25) is 4.79 Å². The summed E-state index contributed by atoms with van der Waals surface area (Å²) < 4.78 is 10.1. The van der Waals surface area contributed by atoms with E-state index in [1.165, 1.54) is 13.0 Å². The molecular formula is C19H18ClNO4. The summed E-state index contributed by atoms with van der Waals surface area (Å²) in [6, 6.07) is 14.0. The lowest BCUT2D eigenvalue weighted by Gasteiger charge is -2.13. The van der Waals surface area contributed by atoms with Crippen molar-refractivity contribution in [2.45, 2.75) is 13.0 Å². The zero-order valence-electron chi connectivity index (χ0n) is 13.9. The minimum Gasteiger partial charge on any atom is -0.497 e. The number of amides is 1. The standard InChI is InChI=1S/C19H18ClNO4/c1-13(19(23)21-17-6-4-3-5-16(17)20)25-18(22)12-9-14-7-10-15(24-2)11-8-14/h3-13H,1-2H3,(H,21,23). The van der Waals surface area contributed by atoms with Gasteiger partial charge in [-0.2, -0.15) is 0 Å². The maximum atomic E-state index is 12.1. The fourth-order valence-electron chi connectivity index (χ4n) is 1.94. The van der Waals surface area contributed by atoms with Gasteiger partial charge in [-0.1, -0.05) is 35.9 Å². The fourth-order valence-corrected chi connectivity index (χ4v) is 2.13. The second kappa shape index (κ2) is 8.89. The summed E-state index contributed by atoms with van der Waals surface area (Å²) in [6.45, 7) is 1.49. The molecule has 2 rings (SSSR count). The number of hydrogen-bond donors (Lipinski definition) is 1. The van der Waals surface area contributed by atoms with Gasteiger partial charge in [0.2, 0.25) is 0 Å². The molecule has 0 bridgehead atoms. The SMILES string of the molecule is COc1ccc(C=CC(=O)OC(C)C(=O)Nc2ccccc2Cl)cc1. The molecule has 1 N–H and O–H groups in total. The van der Waals surface area contributed by atoms with Gasteiger partial charge in [-0.15, -0.1) is 0 Å². The van der Waals surface area contributed by atoms with E-state index in [4.69, 9.17) is 21.1 Å². The molecule has 0 saturated carbocycles. The first-order chi connectivity index (χ1) is 12.0. The lowest BCUT2D eigenvalue weighted by Crippen LogP contribution is -2.29. The van der Waals surface area contributed by atoms with Crippen molar-refractivity contribution in [2.75, 3.05) is 12.4 Å². The van der Waals surface area contributed by atoms with Crippen LogP contribution in [0.2, 0.25) is 5.02 Å². The molecule has 0 aliphatic rings. The van der Waals surface area contributed by atoms with E-state index in [0.29, 0.717) is 10.7 Å². The number of halogens is 1. The third-order valence-corrected chi connectivity index (χ3v) is 3.65. The maximum Gasteiger partial charge on any atom is 0.331 e. The number of ether oxygens (including phenoxy) is 2. The summed E-state index contributed by atoms with van der Waals surface area (Å²) in [4.78, 5) is 23.9. The van der Waals surface area contributed by atoms with Crippen LogP contribution in [0, 0.1) is 0 Å². The van der Waals surface area contributed by atoms with Crippen molar-refractivity contribution >= 4 is 35.2 Å². The Morgan fingerprint density at radius 3 is 2.44 bits per heavy atom. The van der Waals surface area contributed by atoms with Crippen LogP contribution < -0.4 is 10.1 Å². The average Bonchev–Trinajstić information content (AvgIpc) is 2.62. The molecule has 1 amide bonds. The predicted octanol–water partition coefficient (Wildman–Crippen LogP) is 3.93. The van der Waals surface area contributed by atoms with Crippen LogP contribution in [0.25, 0.3) is 6.08 Å². The smallest absolute Gasteiger partial charge is 0.331 e. The van der Waals surface area contributed by atoms with E-state index in [2.05, 4.69) is 5.32 Å². The van der Waals surface area contributed by atoms with E-state index in [9.17, 15) is 9.59 Å². The van der Waals surface area contributed by atoms with Gasteiger partial charge in [-0.05, 0) is 42.8 Å². The number of anilines is 1. The van der Waals surface area contributed by atoms with Gasteiger partial charge < -0.3 is 14.8 Å². The molecule has 6 heteroatoms. The first-order valence-corrected chi connectivity index (χ1v) is 7.95. The number of esters is 1. The van der Waals surface area contributed by atoms with Gasteiger partial charge >= 0.3 is 5.97 Å². The summed E-state index contributed by atoms with van der Waals surface area (Å²) in [7, 11) is 1.58. The molecule has 0 aliphatic heterocycles. The largest absolute Gasteiger partial charge is 0.497 e. The molecule has 1 atom stereocenters. The van der Waals surface area contributed by atoms with Crippen LogP contribution in [0.4, 0.5) is 5.69 Å². The highest BCUT2D eigenvalue weighted by Gasteiger charge is 2.17. The Morgan fingerprint density at radius 2 is 1.80 bits per heavy atom. The van der Waals surface area contributed by atoms with Crippen molar-refractivity contribution in [1.29, 1.82) is 0 Å². The monoisotopic (exact) mass is 359 g/mol. The number of carbonyl (C=O) groups excluding carboxylic acids is 2. The van der Waals surface area contributed by atoms with Gasteiger partial charge in [0, 0.05) is 6.08 Å². The average molecular weight is 360 g/mol. The molecule has 0 aromatic heterocycles. The van der Waals surface area contributed by atoms with Crippen molar-refractivity contribution in [3.05, 3.63) is 65.2 Å². The highest BCUT2D eigenvalue weighted by Crippen LogP contribution is 2.20. The van der Waals surface area contributed by atoms with Crippen molar-refractivity contribution in [3.8, 4) is 5.75 Å². The maximum absolute atomic E-state index is 12.1. The Bertz CT molecular complexity index is 771. The zero-order chi connectivity index (χ0) is 18.2. The highest BCUT2D eigenvalue weighted by molar-refractivity contribution is 6.33. The number of methoxy groups -OCH3 is 1. The van der Waals surface area contributed by atoms with Gasteiger partial charge in [0.05, 0.1) is 17.8 Å². The van der Waals surface area contributed by atoms with Crippen molar-refractivity contribution in [1.82, 2.24) is 0 Å². The van der Waals surface area contributed by atoms with Crippen LogP contribution in [-0.2, 0) is 14.3 Å². The molecule has 0 saturated heterocycles. The lowest BCUT2D eigenvalue weighted by atomic mass is 10.2. The molecular weight excluding hydrogens is 342 g/mol. The highest BCUT2D eigenvalue weighted by atomic mass is 35.5. The van der Waals surface area contributed by atoms with Gasteiger partial charge in [0.1, 0.15) is 5.75 Å². The molecule has 2 aromatic carbocycles. The number of para-hydroxylation sites is 1. The summed E-state index contributed by atoms with van der Waals surface area (Å²) >= 11 is 5.98. The van der Waals surface area contributed by atoms with Crippen LogP contribution >= 0.6 is 11.6 Å². The molecule has 5 nitrogen and oxygen atoms in total. The Labute approximate surface area is 151 Å². The van der Waals surface area contributed by atoms with E-state index < -0.39 is 18.0 Å². The van der Waals surface area contributed by atoms with E-state index in [1.54, 1.807) is 61.7 Å². The summed E-state index contributed by atoms with van der Waals surface area (Å²) in [6.07, 6.45) is 1.91. The lowest BCUT2D eigenvalue weighted by molar-refractivity contribution is -0.148. The minimum atomic E-state index is -0.954. The number of carbonyl (C=O) groups is 2. The first-order valence-electron chi connectivity index (χ1n) is 7.57. The molecule has 1 unspecified atom stereocenters. The molecule has 0 aliphatic carbocycles. The normalized spacial score (nSPS) is 11.8. The van der Waals surface area contributed by atoms with Gasteiger partial charge in [-0.25, -0.2) is 4.79 Å². The fraction of sp³-hybridized carbons (Fsp3) is 0.158. The number of nitrogens with one attached hydrogen (secondary N) is 1. The first kappa shape index (κ1) is 18.5. The predicted molar refractivity (Wildman–Crippen MR) is 97.7 cm³/mol.